The Morgan fingerprint density at radius 3 is 2.91 bits per heavy atom. The van der Waals surface area contributed by atoms with Crippen LogP contribution in [0, 0.1) is 0 Å². The van der Waals surface area contributed by atoms with E-state index in [2.05, 4.69) is 4.74 Å². The van der Waals surface area contributed by atoms with Crippen molar-refractivity contribution in [2.45, 2.75) is 19.1 Å². The predicted octanol–water partition coefficient (Wildman–Crippen LogP) is 0.459. The number of carbonyl (C=O) groups excluding carboxylic acids is 1. The first-order chi connectivity index (χ1) is 5.27. The van der Waals surface area contributed by atoms with Gasteiger partial charge in [0.2, 0.25) is 0 Å². The third-order valence-corrected chi connectivity index (χ3v) is 1.41. The molecule has 1 rings (SSSR count). The Balaban J connectivity index is 2.57. The van der Waals surface area contributed by atoms with Crippen molar-refractivity contribution in [3.8, 4) is 0 Å². The van der Waals surface area contributed by atoms with Crippen molar-refractivity contribution in [3.63, 3.8) is 0 Å². The number of hydrogen-bond donors (Lipinski definition) is 1. The molecule has 0 bridgehead atoms. The van der Waals surface area contributed by atoms with Gasteiger partial charge >= 0.3 is 6.16 Å². The molecule has 1 fully saturated rings. The number of aliphatic hydroxyl groups is 1. The third-order valence-electron chi connectivity index (χ3n) is 1.41. The standard InChI is InChI=1S/C7H10O4/c1-2-3-5-6(4-8)11-7(9)10-5/h2-3,5-6,8H,4H2,1H3/b3-2+. The first kappa shape index (κ1) is 8.07. The highest BCUT2D eigenvalue weighted by Gasteiger charge is 2.33. The quantitative estimate of drug-likeness (QED) is 0.468. The highest BCUT2D eigenvalue weighted by Crippen LogP contribution is 2.15. The Morgan fingerprint density at radius 2 is 2.36 bits per heavy atom. The maximum atomic E-state index is 10.5. The Bertz CT molecular complexity index is 175. The van der Waals surface area contributed by atoms with Gasteiger partial charge in [0.15, 0.2) is 12.2 Å². The molecule has 0 amide bonds. The Kier molecular flexibility index (Phi) is 2.48. The van der Waals surface area contributed by atoms with E-state index in [9.17, 15) is 4.79 Å². The average molecular weight is 158 g/mol. The molecule has 1 N–H and O–H groups in total. The lowest BCUT2D eigenvalue weighted by atomic mass is 10.2. The van der Waals surface area contributed by atoms with Crippen LogP contribution in [0.5, 0.6) is 0 Å². The van der Waals surface area contributed by atoms with Crippen LogP contribution in [-0.2, 0) is 9.47 Å². The molecule has 0 aromatic carbocycles. The van der Waals surface area contributed by atoms with Gasteiger partial charge in [-0.15, -0.1) is 0 Å². The van der Waals surface area contributed by atoms with E-state index in [1.165, 1.54) is 0 Å². The second-order valence-corrected chi connectivity index (χ2v) is 2.20. The van der Waals surface area contributed by atoms with Gasteiger partial charge in [0.25, 0.3) is 0 Å². The number of carbonyl (C=O) groups is 1. The van der Waals surface area contributed by atoms with Crippen LogP contribution in [0.3, 0.4) is 0 Å². The van der Waals surface area contributed by atoms with E-state index in [4.69, 9.17) is 9.84 Å². The van der Waals surface area contributed by atoms with Gasteiger partial charge in [-0.25, -0.2) is 4.79 Å². The van der Waals surface area contributed by atoms with Gasteiger partial charge < -0.3 is 14.6 Å². The second-order valence-electron chi connectivity index (χ2n) is 2.20. The maximum Gasteiger partial charge on any atom is 0.509 e. The second kappa shape index (κ2) is 3.39. The largest absolute Gasteiger partial charge is 0.509 e. The van der Waals surface area contributed by atoms with Crippen molar-refractivity contribution in [2.24, 2.45) is 0 Å². The number of rotatable bonds is 2. The number of hydrogen-bond acceptors (Lipinski definition) is 4. The molecule has 4 heteroatoms. The van der Waals surface area contributed by atoms with Crippen LogP contribution < -0.4 is 0 Å². The molecule has 0 aliphatic carbocycles. The number of allylic oxidation sites excluding steroid dienone is 1. The van der Waals surface area contributed by atoms with Crippen molar-refractivity contribution < 1.29 is 19.4 Å². The fraction of sp³-hybridized carbons (Fsp3) is 0.571. The zero-order chi connectivity index (χ0) is 8.27. The summed E-state index contributed by atoms with van der Waals surface area (Å²) in [6, 6.07) is 0. The monoisotopic (exact) mass is 158 g/mol. The van der Waals surface area contributed by atoms with Gasteiger partial charge in [-0.05, 0) is 13.0 Å². The zero-order valence-corrected chi connectivity index (χ0v) is 6.19. The lowest BCUT2D eigenvalue weighted by molar-refractivity contribution is 0.0884. The molecule has 1 aliphatic heterocycles. The highest BCUT2D eigenvalue weighted by atomic mass is 16.8. The van der Waals surface area contributed by atoms with Crippen molar-refractivity contribution in [2.75, 3.05) is 6.61 Å². The third kappa shape index (κ3) is 1.71. The summed E-state index contributed by atoms with van der Waals surface area (Å²) >= 11 is 0. The minimum Gasteiger partial charge on any atom is -0.424 e. The lowest BCUT2D eigenvalue weighted by Crippen LogP contribution is -2.23. The summed E-state index contributed by atoms with van der Waals surface area (Å²) < 4.78 is 9.31. The van der Waals surface area contributed by atoms with Crippen LogP contribution in [0.15, 0.2) is 12.2 Å². The van der Waals surface area contributed by atoms with Crippen LogP contribution in [0.1, 0.15) is 6.92 Å². The van der Waals surface area contributed by atoms with E-state index in [-0.39, 0.29) is 6.61 Å². The number of cyclic esters (lactones) is 2. The summed E-state index contributed by atoms with van der Waals surface area (Å²) in [6.07, 6.45) is 1.73. The predicted molar refractivity (Wildman–Crippen MR) is 37.0 cm³/mol. The van der Waals surface area contributed by atoms with Crippen molar-refractivity contribution in [1.82, 2.24) is 0 Å². The van der Waals surface area contributed by atoms with E-state index < -0.39 is 18.4 Å². The van der Waals surface area contributed by atoms with Gasteiger partial charge in [0.05, 0.1) is 6.61 Å². The SMILES string of the molecule is C/C=C/C1OC(=O)OC1CO. The maximum absolute atomic E-state index is 10.5. The zero-order valence-electron chi connectivity index (χ0n) is 6.19. The van der Waals surface area contributed by atoms with Crippen LogP contribution in [0.2, 0.25) is 0 Å². The average Bonchev–Trinajstić information content (AvgIpc) is 2.32. The van der Waals surface area contributed by atoms with Crippen LogP contribution in [0.4, 0.5) is 4.79 Å². The van der Waals surface area contributed by atoms with Crippen molar-refractivity contribution in [3.05, 3.63) is 12.2 Å². The molecule has 0 saturated carbocycles. The van der Waals surface area contributed by atoms with E-state index in [0.717, 1.165) is 0 Å². The minimum absolute atomic E-state index is 0.208. The molecular weight excluding hydrogens is 148 g/mol. The summed E-state index contributed by atoms with van der Waals surface area (Å²) in [5, 5.41) is 8.69. The van der Waals surface area contributed by atoms with Gasteiger partial charge in [-0.2, -0.15) is 0 Å². The molecule has 4 nitrogen and oxygen atoms in total. The summed E-state index contributed by atoms with van der Waals surface area (Å²) in [6.45, 7) is 1.60. The van der Waals surface area contributed by atoms with Crippen LogP contribution >= 0.6 is 0 Å². The van der Waals surface area contributed by atoms with E-state index in [0.29, 0.717) is 0 Å². The van der Waals surface area contributed by atoms with Gasteiger partial charge in [0.1, 0.15) is 0 Å². The van der Waals surface area contributed by atoms with Crippen LogP contribution in [-0.4, -0.2) is 30.1 Å². The molecule has 0 aromatic rings. The molecule has 0 aromatic heterocycles. The number of ether oxygens (including phenoxy) is 2. The summed E-state index contributed by atoms with van der Waals surface area (Å²) in [5.41, 5.74) is 0. The van der Waals surface area contributed by atoms with Crippen molar-refractivity contribution in [1.29, 1.82) is 0 Å². The molecule has 11 heavy (non-hydrogen) atoms. The minimum atomic E-state index is -0.716. The Morgan fingerprint density at radius 1 is 1.64 bits per heavy atom. The van der Waals surface area contributed by atoms with E-state index in [1.807, 2.05) is 0 Å². The first-order valence-electron chi connectivity index (χ1n) is 3.39. The van der Waals surface area contributed by atoms with Gasteiger partial charge in [-0.3, -0.25) is 0 Å². The Hall–Kier alpha value is -1.03. The molecule has 1 aliphatic rings. The van der Waals surface area contributed by atoms with E-state index >= 15 is 0 Å². The Labute approximate surface area is 64.4 Å². The molecule has 62 valence electrons. The fourth-order valence-electron chi connectivity index (χ4n) is 0.899. The van der Waals surface area contributed by atoms with Gasteiger partial charge in [0, 0.05) is 0 Å². The molecular formula is C7H10O4. The molecule has 1 saturated heterocycles. The smallest absolute Gasteiger partial charge is 0.424 e. The molecule has 2 atom stereocenters. The van der Waals surface area contributed by atoms with Crippen LogP contribution in [0.25, 0.3) is 0 Å². The topological polar surface area (TPSA) is 55.8 Å². The first-order valence-corrected chi connectivity index (χ1v) is 3.39. The van der Waals surface area contributed by atoms with Gasteiger partial charge in [-0.1, -0.05) is 6.08 Å². The molecule has 0 spiro atoms. The fourth-order valence-corrected chi connectivity index (χ4v) is 0.899. The summed E-state index contributed by atoms with van der Waals surface area (Å²) in [7, 11) is 0. The summed E-state index contributed by atoms with van der Waals surface area (Å²) in [5.74, 6) is 0. The normalized spacial score (nSPS) is 30.5. The van der Waals surface area contributed by atoms with E-state index in [1.54, 1.807) is 19.1 Å². The summed E-state index contributed by atoms with van der Waals surface area (Å²) in [4.78, 5) is 10.5. The lowest BCUT2D eigenvalue weighted by Gasteiger charge is -2.06. The highest BCUT2D eigenvalue weighted by molar-refractivity contribution is 5.63. The molecule has 0 radical (unpaired) electrons. The molecule has 1 heterocycles. The molecule has 2 unspecified atom stereocenters. The van der Waals surface area contributed by atoms with Crippen molar-refractivity contribution >= 4 is 6.16 Å². The number of aliphatic hydroxyl groups excluding tert-OH is 1.